The van der Waals surface area contributed by atoms with Crippen LogP contribution in [0.2, 0.25) is 0 Å². The molecule has 1 N–H and O–H groups in total. The van der Waals surface area contributed by atoms with Gasteiger partial charge in [0.1, 0.15) is 18.2 Å². The first-order valence-electron chi connectivity index (χ1n) is 10.3. The maximum atomic E-state index is 14.1. The van der Waals surface area contributed by atoms with Crippen molar-refractivity contribution in [2.75, 3.05) is 12.4 Å². The Labute approximate surface area is 186 Å². The van der Waals surface area contributed by atoms with Crippen molar-refractivity contribution in [1.82, 2.24) is 0 Å². The quantitative estimate of drug-likeness (QED) is 0.562. The number of hydrogen-bond donors (Lipinski definition) is 1. The summed E-state index contributed by atoms with van der Waals surface area (Å²) >= 11 is 0. The SMILES string of the molecule is COc1ccc(F)cc1-c1ccc2c(c1COC(=O)c1ccccc1)CC(=O)C(C)(C)N2. The number of fused-ring (bicyclic) bond motifs is 1. The molecule has 1 aliphatic rings. The van der Waals surface area contributed by atoms with Gasteiger partial charge >= 0.3 is 5.97 Å². The maximum Gasteiger partial charge on any atom is 0.338 e. The summed E-state index contributed by atoms with van der Waals surface area (Å²) in [5, 5.41) is 3.27. The lowest BCUT2D eigenvalue weighted by atomic mass is 9.83. The molecule has 6 heteroatoms. The van der Waals surface area contributed by atoms with Gasteiger partial charge < -0.3 is 14.8 Å². The molecule has 0 fully saturated rings. The molecule has 0 saturated heterocycles. The number of carbonyl (C=O) groups excluding carboxylic acids is 2. The summed E-state index contributed by atoms with van der Waals surface area (Å²) < 4.78 is 25.2. The molecule has 5 nitrogen and oxygen atoms in total. The van der Waals surface area contributed by atoms with Crippen LogP contribution in [0.4, 0.5) is 10.1 Å². The summed E-state index contributed by atoms with van der Waals surface area (Å²) in [5.74, 6) is -0.390. The Balaban J connectivity index is 1.81. The number of esters is 1. The Hall–Kier alpha value is -3.67. The number of nitrogens with one attached hydrogen (secondary N) is 1. The molecule has 0 radical (unpaired) electrons. The Morgan fingerprint density at radius 3 is 2.53 bits per heavy atom. The third kappa shape index (κ3) is 4.08. The zero-order chi connectivity index (χ0) is 22.9. The van der Waals surface area contributed by atoms with Crippen molar-refractivity contribution in [2.24, 2.45) is 0 Å². The molecule has 1 heterocycles. The van der Waals surface area contributed by atoms with Crippen molar-refractivity contribution < 1.29 is 23.5 Å². The third-order valence-electron chi connectivity index (χ3n) is 5.72. The number of benzene rings is 3. The third-order valence-corrected chi connectivity index (χ3v) is 5.72. The molecule has 0 spiro atoms. The Bertz CT molecular complexity index is 1190. The topological polar surface area (TPSA) is 64.6 Å². The largest absolute Gasteiger partial charge is 0.496 e. The predicted octanol–water partition coefficient (Wildman–Crippen LogP) is 5.17. The van der Waals surface area contributed by atoms with E-state index in [0.29, 0.717) is 28.0 Å². The first-order chi connectivity index (χ1) is 15.3. The predicted molar refractivity (Wildman–Crippen MR) is 120 cm³/mol. The summed E-state index contributed by atoms with van der Waals surface area (Å²) in [6.45, 7) is 3.59. The van der Waals surface area contributed by atoms with Gasteiger partial charge in [-0.3, -0.25) is 4.79 Å². The van der Waals surface area contributed by atoms with Crippen LogP contribution < -0.4 is 10.1 Å². The van der Waals surface area contributed by atoms with Crippen LogP contribution in [0.25, 0.3) is 11.1 Å². The first-order valence-corrected chi connectivity index (χ1v) is 10.3. The van der Waals surface area contributed by atoms with Crippen molar-refractivity contribution in [1.29, 1.82) is 0 Å². The minimum Gasteiger partial charge on any atom is -0.496 e. The monoisotopic (exact) mass is 433 g/mol. The van der Waals surface area contributed by atoms with Gasteiger partial charge in [-0.15, -0.1) is 0 Å². The molecular formula is C26H24FNO4. The molecule has 164 valence electrons. The lowest BCUT2D eigenvalue weighted by molar-refractivity contribution is -0.122. The number of methoxy groups -OCH3 is 1. The van der Waals surface area contributed by atoms with Crippen LogP contribution in [-0.4, -0.2) is 24.4 Å². The fraction of sp³-hybridized carbons (Fsp3) is 0.231. The van der Waals surface area contributed by atoms with E-state index in [1.54, 1.807) is 30.3 Å². The van der Waals surface area contributed by atoms with E-state index >= 15 is 0 Å². The molecule has 0 bridgehead atoms. The van der Waals surface area contributed by atoms with Crippen LogP contribution in [0.15, 0.2) is 60.7 Å². The molecule has 32 heavy (non-hydrogen) atoms. The number of anilines is 1. The summed E-state index contributed by atoms with van der Waals surface area (Å²) in [6.07, 6.45) is 0.180. The van der Waals surface area contributed by atoms with Crippen LogP contribution in [0.3, 0.4) is 0 Å². The minimum atomic E-state index is -0.705. The fourth-order valence-corrected chi connectivity index (χ4v) is 3.90. The Kier molecular flexibility index (Phi) is 5.70. The van der Waals surface area contributed by atoms with Crippen LogP contribution >= 0.6 is 0 Å². The summed E-state index contributed by atoms with van der Waals surface area (Å²) in [4.78, 5) is 25.3. The van der Waals surface area contributed by atoms with E-state index in [1.807, 2.05) is 32.0 Å². The number of ketones is 1. The van der Waals surface area contributed by atoms with Gasteiger partial charge in [-0.1, -0.05) is 24.3 Å². The van der Waals surface area contributed by atoms with E-state index in [2.05, 4.69) is 5.32 Å². The van der Waals surface area contributed by atoms with Crippen molar-refractivity contribution in [3.63, 3.8) is 0 Å². The van der Waals surface area contributed by atoms with Crippen molar-refractivity contribution in [3.8, 4) is 16.9 Å². The molecule has 0 amide bonds. The van der Waals surface area contributed by atoms with Gasteiger partial charge in [0.2, 0.25) is 0 Å². The highest BCUT2D eigenvalue weighted by Gasteiger charge is 2.35. The van der Waals surface area contributed by atoms with E-state index in [-0.39, 0.29) is 18.8 Å². The van der Waals surface area contributed by atoms with Gasteiger partial charge in [0.25, 0.3) is 0 Å². The molecule has 4 rings (SSSR count). The van der Waals surface area contributed by atoms with Crippen LogP contribution in [0.1, 0.15) is 35.3 Å². The molecule has 0 aliphatic carbocycles. The first kappa shape index (κ1) is 21.6. The number of hydrogen-bond acceptors (Lipinski definition) is 5. The van der Waals surface area contributed by atoms with Gasteiger partial charge in [0.15, 0.2) is 5.78 Å². The fourth-order valence-electron chi connectivity index (χ4n) is 3.90. The zero-order valence-corrected chi connectivity index (χ0v) is 18.2. The summed E-state index contributed by atoms with van der Waals surface area (Å²) in [5.41, 5.74) is 3.07. The maximum absolute atomic E-state index is 14.1. The normalized spacial score (nSPS) is 14.3. The van der Waals surface area contributed by atoms with Crippen molar-refractivity contribution in [3.05, 3.63) is 83.2 Å². The molecule has 3 aromatic carbocycles. The van der Waals surface area contributed by atoms with E-state index in [0.717, 1.165) is 11.3 Å². The van der Waals surface area contributed by atoms with Crippen molar-refractivity contribution >= 4 is 17.4 Å². The van der Waals surface area contributed by atoms with Gasteiger partial charge in [-0.25, -0.2) is 9.18 Å². The molecular weight excluding hydrogens is 409 g/mol. The van der Waals surface area contributed by atoms with Gasteiger partial charge in [-0.2, -0.15) is 0 Å². The van der Waals surface area contributed by atoms with Crippen LogP contribution in [0.5, 0.6) is 5.75 Å². The summed E-state index contributed by atoms with van der Waals surface area (Å²) in [6, 6.07) is 16.6. The van der Waals surface area contributed by atoms with E-state index in [4.69, 9.17) is 9.47 Å². The lowest BCUT2D eigenvalue weighted by Crippen LogP contribution is -2.45. The second-order valence-corrected chi connectivity index (χ2v) is 8.25. The summed E-state index contributed by atoms with van der Waals surface area (Å²) in [7, 11) is 1.51. The standard InChI is InChI=1S/C26H24FNO4/c1-26(2)24(29)14-19-21(15-32-25(30)16-7-5-4-6-8-16)18(10-11-22(19)28-26)20-13-17(27)9-12-23(20)31-3/h4-13,28H,14-15H2,1-3H3. The molecule has 0 aromatic heterocycles. The molecule has 1 aliphatic heterocycles. The van der Waals surface area contributed by atoms with E-state index in [1.165, 1.54) is 19.2 Å². The second kappa shape index (κ2) is 8.46. The molecule has 3 aromatic rings. The smallest absolute Gasteiger partial charge is 0.338 e. The van der Waals surface area contributed by atoms with Gasteiger partial charge in [0, 0.05) is 23.2 Å². The highest BCUT2D eigenvalue weighted by Crippen LogP contribution is 2.40. The van der Waals surface area contributed by atoms with Crippen molar-refractivity contribution in [2.45, 2.75) is 32.4 Å². The Morgan fingerprint density at radius 1 is 1.06 bits per heavy atom. The van der Waals surface area contributed by atoms with Crippen LogP contribution in [0, 0.1) is 5.82 Å². The number of ether oxygens (including phenoxy) is 2. The average molecular weight is 433 g/mol. The number of Topliss-reactive ketones (excluding diaryl/α,β-unsaturated/α-hetero) is 1. The number of carbonyl (C=O) groups is 2. The highest BCUT2D eigenvalue weighted by atomic mass is 19.1. The number of rotatable bonds is 5. The zero-order valence-electron chi connectivity index (χ0n) is 18.2. The van der Waals surface area contributed by atoms with E-state index in [9.17, 15) is 14.0 Å². The molecule has 0 atom stereocenters. The number of halogens is 1. The molecule has 0 unspecified atom stereocenters. The lowest BCUT2D eigenvalue weighted by Gasteiger charge is -2.34. The van der Waals surface area contributed by atoms with E-state index < -0.39 is 17.3 Å². The molecule has 0 saturated carbocycles. The second-order valence-electron chi connectivity index (χ2n) is 8.25. The van der Waals surface area contributed by atoms with Gasteiger partial charge in [0.05, 0.1) is 18.2 Å². The Morgan fingerprint density at radius 2 is 1.81 bits per heavy atom. The minimum absolute atomic E-state index is 0.0176. The average Bonchev–Trinajstić information content (AvgIpc) is 2.78. The highest BCUT2D eigenvalue weighted by molar-refractivity contribution is 5.97. The van der Waals surface area contributed by atoms with Gasteiger partial charge in [-0.05, 0) is 61.4 Å². The van der Waals surface area contributed by atoms with Crippen LogP contribution in [-0.2, 0) is 22.6 Å².